The minimum Gasteiger partial charge on any atom is -0.494 e. The summed E-state index contributed by atoms with van der Waals surface area (Å²) in [6, 6.07) is 9.22. The van der Waals surface area contributed by atoms with Gasteiger partial charge in [0.2, 0.25) is 0 Å². The zero-order valence-electron chi connectivity index (χ0n) is 11.6. The van der Waals surface area contributed by atoms with Gasteiger partial charge in [0.05, 0.1) is 12.5 Å². The van der Waals surface area contributed by atoms with Crippen molar-refractivity contribution in [1.82, 2.24) is 0 Å². The van der Waals surface area contributed by atoms with E-state index in [4.69, 9.17) is 16.3 Å². The first-order valence-corrected chi connectivity index (χ1v) is 7.17. The van der Waals surface area contributed by atoms with Crippen LogP contribution in [0.2, 0.25) is 0 Å². The molecule has 2 aromatic rings. The number of ether oxygens (including phenoxy) is 1. The molecule has 0 fully saturated rings. The van der Waals surface area contributed by atoms with E-state index in [1.54, 1.807) is 12.1 Å². The number of hydrogen-bond acceptors (Lipinski definition) is 2. The minimum atomic E-state index is -0.564. The Kier molecular flexibility index (Phi) is 5.39. The molecule has 0 heterocycles. The normalized spacial score (nSPS) is 10.5. The summed E-state index contributed by atoms with van der Waals surface area (Å²) < 4.78 is 32.5. The van der Waals surface area contributed by atoms with Crippen molar-refractivity contribution in [3.63, 3.8) is 0 Å². The molecule has 1 N–H and O–H groups in total. The van der Waals surface area contributed by atoms with E-state index in [1.807, 2.05) is 13.0 Å². The van der Waals surface area contributed by atoms with Crippen molar-refractivity contribution in [3.05, 3.63) is 59.2 Å². The van der Waals surface area contributed by atoms with Gasteiger partial charge in [0.15, 0.2) is 0 Å². The second kappa shape index (κ2) is 7.27. The fraction of sp³-hybridized carbons (Fsp3) is 0.250. The number of alkyl halides is 1. The second-order valence-electron chi connectivity index (χ2n) is 4.44. The van der Waals surface area contributed by atoms with Crippen LogP contribution in [0.15, 0.2) is 36.4 Å². The Morgan fingerprint density at radius 1 is 1.14 bits per heavy atom. The second-order valence-corrected chi connectivity index (χ2v) is 4.71. The van der Waals surface area contributed by atoms with Crippen LogP contribution >= 0.6 is 11.6 Å². The van der Waals surface area contributed by atoms with Crippen molar-refractivity contribution in [1.29, 1.82) is 0 Å². The van der Waals surface area contributed by atoms with Crippen molar-refractivity contribution in [2.24, 2.45) is 0 Å². The number of hydrogen-bond donors (Lipinski definition) is 1. The summed E-state index contributed by atoms with van der Waals surface area (Å²) in [7, 11) is 0. The van der Waals surface area contributed by atoms with Gasteiger partial charge in [-0.3, -0.25) is 0 Å². The highest BCUT2D eigenvalue weighted by Gasteiger charge is 2.09. The maximum absolute atomic E-state index is 13.5. The van der Waals surface area contributed by atoms with E-state index in [0.29, 0.717) is 12.5 Å². The molecule has 0 radical (unpaired) electrons. The van der Waals surface area contributed by atoms with Crippen LogP contribution in [0.25, 0.3) is 0 Å². The molecule has 5 heteroatoms. The Labute approximate surface area is 127 Å². The molecule has 0 aliphatic carbocycles. The van der Waals surface area contributed by atoms with Crippen molar-refractivity contribution in [2.75, 3.05) is 11.9 Å². The van der Waals surface area contributed by atoms with Crippen molar-refractivity contribution < 1.29 is 13.5 Å². The highest BCUT2D eigenvalue weighted by atomic mass is 35.5. The van der Waals surface area contributed by atoms with Gasteiger partial charge in [-0.1, -0.05) is 6.07 Å². The molecule has 0 aliphatic rings. The van der Waals surface area contributed by atoms with Crippen LogP contribution < -0.4 is 10.1 Å². The van der Waals surface area contributed by atoms with E-state index >= 15 is 0 Å². The topological polar surface area (TPSA) is 21.3 Å². The molecule has 112 valence electrons. The molecular formula is C16H16ClF2NO. The number of rotatable bonds is 6. The van der Waals surface area contributed by atoms with E-state index in [-0.39, 0.29) is 12.1 Å². The fourth-order valence-corrected chi connectivity index (χ4v) is 2.19. The first kappa shape index (κ1) is 15.6. The van der Waals surface area contributed by atoms with Crippen LogP contribution in [0.5, 0.6) is 5.75 Å². The van der Waals surface area contributed by atoms with Crippen LogP contribution in [0.1, 0.15) is 18.1 Å². The first-order chi connectivity index (χ1) is 10.2. The highest BCUT2D eigenvalue weighted by molar-refractivity contribution is 6.17. The molecule has 0 unspecified atom stereocenters. The SMILES string of the molecule is CCOc1ccc(NCc2c(F)cccc2F)cc1CCl. The number of halogens is 3. The van der Waals surface area contributed by atoms with Crippen LogP contribution in [-0.2, 0) is 12.4 Å². The van der Waals surface area contributed by atoms with Crippen LogP contribution in [-0.4, -0.2) is 6.61 Å². The predicted molar refractivity (Wildman–Crippen MR) is 80.9 cm³/mol. The van der Waals surface area contributed by atoms with Gasteiger partial charge in [0.25, 0.3) is 0 Å². The molecule has 0 saturated heterocycles. The first-order valence-electron chi connectivity index (χ1n) is 6.64. The lowest BCUT2D eigenvalue weighted by Gasteiger charge is -2.12. The average Bonchev–Trinajstić information content (AvgIpc) is 2.48. The standard InChI is InChI=1S/C16H16ClF2NO/c1-2-21-16-7-6-12(8-11(16)9-17)20-10-13-14(18)4-3-5-15(13)19/h3-8,20H,2,9-10H2,1H3. The van der Waals surface area contributed by atoms with Gasteiger partial charge < -0.3 is 10.1 Å². The lowest BCUT2D eigenvalue weighted by Crippen LogP contribution is -2.05. The zero-order chi connectivity index (χ0) is 15.2. The minimum absolute atomic E-state index is 0.0128. The molecule has 0 saturated carbocycles. The summed E-state index contributed by atoms with van der Waals surface area (Å²) in [4.78, 5) is 0. The molecule has 0 aliphatic heterocycles. The Morgan fingerprint density at radius 3 is 2.48 bits per heavy atom. The molecule has 0 atom stereocenters. The van der Waals surface area contributed by atoms with Gasteiger partial charge in [-0.2, -0.15) is 0 Å². The molecular weight excluding hydrogens is 296 g/mol. The average molecular weight is 312 g/mol. The van der Waals surface area contributed by atoms with Crippen molar-refractivity contribution in [2.45, 2.75) is 19.3 Å². The molecule has 0 bridgehead atoms. The Morgan fingerprint density at radius 2 is 1.86 bits per heavy atom. The van der Waals surface area contributed by atoms with Crippen LogP contribution in [0.3, 0.4) is 0 Å². The van der Waals surface area contributed by atoms with Crippen molar-refractivity contribution in [3.8, 4) is 5.75 Å². The van der Waals surface area contributed by atoms with Gasteiger partial charge in [-0.25, -0.2) is 8.78 Å². The monoisotopic (exact) mass is 311 g/mol. The van der Waals surface area contributed by atoms with Gasteiger partial charge in [-0.05, 0) is 37.3 Å². The molecule has 0 spiro atoms. The summed E-state index contributed by atoms with van der Waals surface area (Å²) in [5, 5.41) is 2.99. The molecule has 2 nitrogen and oxygen atoms in total. The largest absolute Gasteiger partial charge is 0.494 e. The number of anilines is 1. The molecule has 0 amide bonds. The smallest absolute Gasteiger partial charge is 0.131 e. The summed E-state index contributed by atoms with van der Waals surface area (Å²) in [6.45, 7) is 2.51. The van der Waals surface area contributed by atoms with Gasteiger partial charge in [0.1, 0.15) is 17.4 Å². The van der Waals surface area contributed by atoms with Crippen LogP contribution in [0, 0.1) is 11.6 Å². The maximum Gasteiger partial charge on any atom is 0.131 e. The lowest BCUT2D eigenvalue weighted by molar-refractivity contribution is 0.337. The summed E-state index contributed by atoms with van der Waals surface area (Å²) in [6.07, 6.45) is 0. The number of benzene rings is 2. The van der Waals surface area contributed by atoms with E-state index in [9.17, 15) is 8.78 Å². The Hall–Kier alpha value is -1.81. The summed E-state index contributed by atoms with van der Waals surface area (Å²) in [5.41, 5.74) is 1.58. The van der Waals surface area contributed by atoms with E-state index in [1.165, 1.54) is 18.2 Å². The molecule has 21 heavy (non-hydrogen) atoms. The zero-order valence-corrected chi connectivity index (χ0v) is 12.4. The quantitative estimate of drug-likeness (QED) is 0.780. The third kappa shape index (κ3) is 3.85. The lowest BCUT2D eigenvalue weighted by atomic mass is 10.1. The highest BCUT2D eigenvalue weighted by Crippen LogP contribution is 2.25. The van der Waals surface area contributed by atoms with Gasteiger partial charge in [0, 0.05) is 23.4 Å². The van der Waals surface area contributed by atoms with Crippen molar-refractivity contribution >= 4 is 17.3 Å². The maximum atomic E-state index is 13.5. The Balaban J connectivity index is 2.13. The third-order valence-electron chi connectivity index (χ3n) is 3.04. The molecule has 0 aromatic heterocycles. The summed E-state index contributed by atoms with van der Waals surface area (Å²) in [5.74, 6) is -0.106. The Bertz CT molecular complexity index is 599. The third-order valence-corrected chi connectivity index (χ3v) is 3.32. The fourth-order valence-electron chi connectivity index (χ4n) is 1.98. The van der Waals surface area contributed by atoms with E-state index in [2.05, 4.69) is 5.32 Å². The summed E-state index contributed by atoms with van der Waals surface area (Å²) >= 11 is 5.88. The van der Waals surface area contributed by atoms with Gasteiger partial charge in [-0.15, -0.1) is 11.6 Å². The molecule has 2 aromatic carbocycles. The predicted octanol–water partition coefficient (Wildman–Crippen LogP) is 4.71. The number of nitrogens with one attached hydrogen (secondary N) is 1. The molecule has 2 rings (SSSR count). The van der Waals surface area contributed by atoms with E-state index in [0.717, 1.165) is 17.0 Å². The van der Waals surface area contributed by atoms with Gasteiger partial charge >= 0.3 is 0 Å². The van der Waals surface area contributed by atoms with E-state index < -0.39 is 11.6 Å². The van der Waals surface area contributed by atoms with Crippen LogP contribution in [0.4, 0.5) is 14.5 Å².